The molecule has 0 saturated carbocycles. The van der Waals surface area contributed by atoms with E-state index in [-0.39, 0.29) is 12.6 Å². The number of β-amino-alcohol motifs (C(OH)–C–C–N with tert-alkyl or cyclic N) is 1. The average molecular weight is 307 g/mol. The van der Waals surface area contributed by atoms with Gasteiger partial charge in [0.15, 0.2) is 0 Å². The molecule has 1 aromatic rings. The first-order valence-electron chi connectivity index (χ1n) is 7.79. The number of nitrogens with zero attached hydrogens (tertiary/aromatic N) is 2. The molecule has 1 saturated heterocycles. The Labute approximate surface area is 131 Å². The molecule has 1 heterocycles. The van der Waals surface area contributed by atoms with Gasteiger partial charge in [0.05, 0.1) is 13.2 Å². The normalized spacial score (nSPS) is 15.8. The largest absolute Gasteiger partial charge is 0.395 e. The number of nitrogens with one attached hydrogen (secondary N) is 1. The number of piperazine rings is 1. The molecule has 2 rings (SSSR count). The molecule has 2 amide bonds. The molecule has 0 spiro atoms. The van der Waals surface area contributed by atoms with Crippen molar-refractivity contribution in [2.75, 3.05) is 51.3 Å². The van der Waals surface area contributed by atoms with Crippen LogP contribution in [0.15, 0.2) is 24.3 Å². The van der Waals surface area contributed by atoms with Crippen LogP contribution in [0.3, 0.4) is 0 Å². The van der Waals surface area contributed by atoms with Crippen LogP contribution in [0, 0.1) is 0 Å². The van der Waals surface area contributed by atoms with Crippen LogP contribution in [-0.2, 0) is 11.3 Å². The van der Waals surface area contributed by atoms with Gasteiger partial charge in [-0.05, 0) is 13.0 Å². The maximum Gasteiger partial charge on any atom is 0.321 e. The first-order valence-corrected chi connectivity index (χ1v) is 7.79. The fraction of sp³-hybridized carbons (Fsp3) is 0.562. The number of carbonyl (C=O) groups excluding carboxylic acids is 1. The van der Waals surface area contributed by atoms with Gasteiger partial charge in [-0.1, -0.05) is 18.2 Å². The van der Waals surface area contributed by atoms with Gasteiger partial charge in [0.1, 0.15) is 0 Å². The van der Waals surface area contributed by atoms with Crippen LogP contribution in [0.25, 0.3) is 0 Å². The lowest BCUT2D eigenvalue weighted by Crippen LogP contribution is -2.50. The van der Waals surface area contributed by atoms with Gasteiger partial charge in [-0.25, -0.2) is 4.79 Å². The Bertz CT molecular complexity index is 473. The Morgan fingerprint density at radius 2 is 2.00 bits per heavy atom. The van der Waals surface area contributed by atoms with Crippen LogP contribution in [0.5, 0.6) is 0 Å². The quantitative estimate of drug-likeness (QED) is 0.833. The molecule has 0 radical (unpaired) electrons. The van der Waals surface area contributed by atoms with Gasteiger partial charge < -0.3 is 20.1 Å². The Morgan fingerprint density at radius 1 is 1.27 bits per heavy atom. The Morgan fingerprint density at radius 3 is 2.68 bits per heavy atom. The maximum absolute atomic E-state index is 12.4. The third-order valence-electron chi connectivity index (χ3n) is 3.80. The lowest BCUT2D eigenvalue weighted by molar-refractivity contribution is 0.127. The van der Waals surface area contributed by atoms with Gasteiger partial charge in [0.25, 0.3) is 0 Å². The molecule has 6 nitrogen and oxygen atoms in total. The molecule has 0 aliphatic carbocycles. The van der Waals surface area contributed by atoms with Crippen LogP contribution < -0.4 is 5.32 Å². The molecular weight excluding hydrogens is 282 g/mol. The van der Waals surface area contributed by atoms with Crippen molar-refractivity contribution in [3.8, 4) is 0 Å². The second-order valence-corrected chi connectivity index (χ2v) is 5.28. The number of amides is 2. The number of anilines is 1. The lowest BCUT2D eigenvalue weighted by atomic mass is 10.2. The molecule has 1 aromatic carbocycles. The second kappa shape index (κ2) is 8.73. The van der Waals surface area contributed by atoms with Crippen LogP contribution in [0.2, 0.25) is 0 Å². The molecular formula is C16H25N3O3. The zero-order chi connectivity index (χ0) is 15.8. The third-order valence-corrected chi connectivity index (χ3v) is 3.80. The summed E-state index contributed by atoms with van der Waals surface area (Å²) in [6.07, 6.45) is 0. The highest BCUT2D eigenvalue weighted by molar-refractivity contribution is 5.90. The van der Waals surface area contributed by atoms with Gasteiger partial charge in [-0.15, -0.1) is 0 Å². The second-order valence-electron chi connectivity index (χ2n) is 5.28. The highest BCUT2D eigenvalue weighted by Gasteiger charge is 2.21. The number of para-hydroxylation sites is 1. The molecule has 22 heavy (non-hydrogen) atoms. The van der Waals surface area contributed by atoms with Gasteiger partial charge in [0.2, 0.25) is 0 Å². The van der Waals surface area contributed by atoms with Crippen molar-refractivity contribution in [1.29, 1.82) is 0 Å². The topological polar surface area (TPSA) is 65.0 Å². The summed E-state index contributed by atoms with van der Waals surface area (Å²) in [5.74, 6) is 0. The molecule has 1 aliphatic heterocycles. The van der Waals surface area contributed by atoms with Crippen LogP contribution in [-0.4, -0.2) is 66.9 Å². The number of ether oxygens (including phenoxy) is 1. The number of aliphatic hydroxyl groups excluding tert-OH is 1. The Kier molecular flexibility index (Phi) is 6.64. The number of urea groups is 1. The van der Waals surface area contributed by atoms with Crippen molar-refractivity contribution in [2.45, 2.75) is 13.5 Å². The summed E-state index contributed by atoms with van der Waals surface area (Å²) in [7, 11) is 0. The van der Waals surface area contributed by atoms with E-state index in [1.165, 1.54) is 0 Å². The Balaban J connectivity index is 1.90. The summed E-state index contributed by atoms with van der Waals surface area (Å²) < 4.78 is 5.43. The van der Waals surface area contributed by atoms with Crippen LogP contribution >= 0.6 is 0 Å². The molecule has 0 aromatic heterocycles. The summed E-state index contributed by atoms with van der Waals surface area (Å²) in [4.78, 5) is 16.3. The molecule has 0 bridgehead atoms. The van der Waals surface area contributed by atoms with Gasteiger partial charge in [-0.2, -0.15) is 0 Å². The SMILES string of the molecule is CCOCc1ccccc1NC(=O)N1CCN(CCO)CC1. The monoisotopic (exact) mass is 307 g/mol. The molecule has 122 valence electrons. The average Bonchev–Trinajstić information content (AvgIpc) is 2.55. The number of hydrogen-bond acceptors (Lipinski definition) is 4. The van der Waals surface area contributed by atoms with Crippen molar-refractivity contribution < 1.29 is 14.6 Å². The van der Waals surface area contributed by atoms with Gasteiger partial charge in [0, 0.05) is 50.6 Å². The molecule has 6 heteroatoms. The molecule has 0 unspecified atom stereocenters. The van der Waals surface area contributed by atoms with Crippen LogP contribution in [0.4, 0.5) is 10.5 Å². The van der Waals surface area contributed by atoms with E-state index >= 15 is 0 Å². The number of hydrogen-bond donors (Lipinski definition) is 2. The molecule has 1 aliphatic rings. The van der Waals surface area contributed by atoms with E-state index in [1.807, 2.05) is 36.1 Å². The van der Waals surface area contributed by atoms with Crippen molar-refractivity contribution in [3.63, 3.8) is 0 Å². The summed E-state index contributed by atoms with van der Waals surface area (Å²) in [5.41, 5.74) is 1.79. The van der Waals surface area contributed by atoms with E-state index in [9.17, 15) is 4.79 Å². The summed E-state index contributed by atoms with van der Waals surface area (Å²) in [5, 5.41) is 11.9. The number of rotatable bonds is 6. The molecule has 2 N–H and O–H groups in total. The minimum absolute atomic E-state index is 0.0763. The van der Waals surface area contributed by atoms with Crippen molar-refractivity contribution >= 4 is 11.7 Å². The number of carbonyl (C=O) groups is 1. The predicted molar refractivity (Wildman–Crippen MR) is 85.9 cm³/mol. The summed E-state index contributed by atoms with van der Waals surface area (Å²) in [6, 6.07) is 7.63. The first kappa shape index (κ1) is 16.7. The lowest BCUT2D eigenvalue weighted by Gasteiger charge is -2.34. The van der Waals surface area contributed by atoms with E-state index in [1.54, 1.807) is 0 Å². The van der Waals surface area contributed by atoms with Crippen molar-refractivity contribution in [2.24, 2.45) is 0 Å². The van der Waals surface area contributed by atoms with E-state index in [2.05, 4.69) is 10.2 Å². The fourth-order valence-corrected chi connectivity index (χ4v) is 2.49. The van der Waals surface area contributed by atoms with Crippen molar-refractivity contribution in [3.05, 3.63) is 29.8 Å². The standard InChI is InChI=1S/C16H25N3O3/c1-2-22-13-14-5-3-4-6-15(14)17-16(21)19-9-7-18(8-10-19)11-12-20/h3-6,20H,2,7-13H2,1H3,(H,17,21). The summed E-state index contributed by atoms with van der Waals surface area (Å²) in [6.45, 7) is 6.89. The van der Waals surface area contributed by atoms with Gasteiger partial charge >= 0.3 is 6.03 Å². The number of aliphatic hydroxyl groups is 1. The Hall–Kier alpha value is -1.63. The maximum atomic E-state index is 12.4. The van der Waals surface area contributed by atoms with Crippen LogP contribution in [0.1, 0.15) is 12.5 Å². The predicted octanol–water partition coefficient (Wildman–Crippen LogP) is 1.36. The summed E-state index contributed by atoms with van der Waals surface area (Å²) >= 11 is 0. The molecule has 1 fully saturated rings. The highest BCUT2D eigenvalue weighted by atomic mass is 16.5. The first-order chi connectivity index (χ1) is 10.7. The highest BCUT2D eigenvalue weighted by Crippen LogP contribution is 2.17. The van der Waals surface area contributed by atoms with Gasteiger partial charge in [-0.3, -0.25) is 4.90 Å². The zero-order valence-electron chi connectivity index (χ0n) is 13.1. The number of benzene rings is 1. The third kappa shape index (κ3) is 4.69. The minimum Gasteiger partial charge on any atom is -0.395 e. The smallest absolute Gasteiger partial charge is 0.321 e. The minimum atomic E-state index is -0.0763. The van der Waals surface area contributed by atoms with E-state index in [0.717, 1.165) is 24.3 Å². The molecule has 0 atom stereocenters. The van der Waals surface area contributed by atoms with E-state index in [4.69, 9.17) is 9.84 Å². The van der Waals surface area contributed by atoms with E-state index in [0.29, 0.717) is 32.8 Å². The van der Waals surface area contributed by atoms with E-state index < -0.39 is 0 Å². The van der Waals surface area contributed by atoms with Crippen molar-refractivity contribution in [1.82, 2.24) is 9.80 Å². The zero-order valence-corrected chi connectivity index (χ0v) is 13.1. The fourth-order valence-electron chi connectivity index (χ4n) is 2.49.